The first-order chi connectivity index (χ1) is 10.9. The highest BCUT2D eigenvalue weighted by atomic mass is 16.6. The third-order valence-corrected chi connectivity index (χ3v) is 2.96. The van der Waals surface area contributed by atoms with Crippen LogP contribution in [0.25, 0.3) is 0 Å². The highest BCUT2D eigenvalue weighted by Crippen LogP contribution is 2.21. The monoisotopic (exact) mass is 336 g/mol. The molecular formula is C16H24N4O4. The normalized spacial score (nSPS) is 12.9. The molecule has 0 unspecified atom stereocenters. The first-order valence-corrected chi connectivity index (χ1v) is 7.61. The molecule has 0 spiro atoms. The lowest BCUT2D eigenvalue weighted by Crippen LogP contribution is -2.44. The molecule has 2 N–H and O–H groups in total. The van der Waals surface area contributed by atoms with E-state index >= 15 is 0 Å². The Morgan fingerprint density at radius 1 is 1.38 bits per heavy atom. The van der Waals surface area contributed by atoms with Crippen LogP contribution < -0.4 is 10.6 Å². The number of nitrogens with zero attached hydrogens (tertiary/aromatic N) is 2. The van der Waals surface area contributed by atoms with Gasteiger partial charge in [0.1, 0.15) is 11.3 Å². The number of nitrogens with one attached hydrogen (secondary N) is 2. The van der Waals surface area contributed by atoms with Crippen LogP contribution in [0.15, 0.2) is 10.6 Å². The number of carbonyl (C=O) groups excluding carboxylic acids is 2. The van der Waals surface area contributed by atoms with E-state index in [1.165, 1.54) is 6.07 Å². The van der Waals surface area contributed by atoms with Crippen molar-refractivity contribution in [3.63, 3.8) is 0 Å². The molecule has 1 rings (SSSR count). The Morgan fingerprint density at radius 3 is 2.54 bits per heavy atom. The largest absolute Gasteiger partial charge is 0.444 e. The van der Waals surface area contributed by atoms with Gasteiger partial charge in [-0.3, -0.25) is 4.79 Å². The molecule has 0 aliphatic carbocycles. The van der Waals surface area contributed by atoms with Gasteiger partial charge in [0.25, 0.3) is 5.91 Å². The Bertz CT molecular complexity index is 637. The number of aromatic nitrogens is 1. The van der Waals surface area contributed by atoms with E-state index in [4.69, 9.17) is 14.5 Å². The molecule has 2 amide bonds. The molecule has 132 valence electrons. The Labute approximate surface area is 141 Å². The zero-order valence-corrected chi connectivity index (χ0v) is 14.9. The average Bonchev–Trinajstić information content (AvgIpc) is 2.85. The number of nitriles is 1. The van der Waals surface area contributed by atoms with Crippen molar-refractivity contribution in [2.75, 3.05) is 0 Å². The number of rotatable bonds is 5. The van der Waals surface area contributed by atoms with Crippen LogP contribution in [0.2, 0.25) is 0 Å². The molecule has 8 heteroatoms. The highest BCUT2D eigenvalue weighted by molar-refractivity contribution is 5.91. The van der Waals surface area contributed by atoms with Gasteiger partial charge in [0, 0.05) is 12.1 Å². The minimum absolute atomic E-state index is 0.00820. The van der Waals surface area contributed by atoms with E-state index in [-0.39, 0.29) is 18.2 Å². The fraction of sp³-hybridized carbons (Fsp3) is 0.625. The minimum Gasteiger partial charge on any atom is -0.444 e. The van der Waals surface area contributed by atoms with E-state index in [9.17, 15) is 9.59 Å². The summed E-state index contributed by atoms with van der Waals surface area (Å²) in [6.07, 6.45) is -0.401. The van der Waals surface area contributed by atoms with Gasteiger partial charge in [-0.15, -0.1) is 0 Å². The zero-order valence-electron chi connectivity index (χ0n) is 14.9. The van der Waals surface area contributed by atoms with E-state index in [0.717, 1.165) is 0 Å². The first-order valence-electron chi connectivity index (χ1n) is 7.61. The SMILES string of the molecule is C[C@@H](CC#N)NC(=O)c1cc(C(C)(C)NC(=O)OC(C)(C)C)no1. The summed E-state index contributed by atoms with van der Waals surface area (Å²) >= 11 is 0. The number of amides is 2. The maximum atomic E-state index is 12.0. The van der Waals surface area contributed by atoms with Crippen LogP contribution in [-0.2, 0) is 10.3 Å². The molecule has 0 aromatic carbocycles. The Morgan fingerprint density at radius 2 is 2.00 bits per heavy atom. The van der Waals surface area contributed by atoms with Gasteiger partial charge in [-0.05, 0) is 41.5 Å². The van der Waals surface area contributed by atoms with E-state index in [0.29, 0.717) is 5.69 Å². The van der Waals surface area contributed by atoms with Crippen molar-refractivity contribution in [2.45, 2.75) is 65.1 Å². The second-order valence-corrected chi connectivity index (χ2v) is 7.07. The first kappa shape index (κ1) is 19.5. The van der Waals surface area contributed by atoms with Crippen molar-refractivity contribution < 1.29 is 18.8 Å². The Balaban J connectivity index is 2.77. The number of ether oxygens (including phenoxy) is 1. The molecule has 0 aliphatic rings. The van der Waals surface area contributed by atoms with Gasteiger partial charge >= 0.3 is 6.09 Å². The third-order valence-electron chi connectivity index (χ3n) is 2.96. The fourth-order valence-corrected chi connectivity index (χ4v) is 1.78. The summed E-state index contributed by atoms with van der Waals surface area (Å²) in [7, 11) is 0. The summed E-state index contributed by atoms with van der Waals surface area (Å²) < 4.78 is 10.2. The van der Waals surface area contributed by atoms with E-state index < -0.39 is 23.1 Å². The van der Waals surface area contributed by atoms with Crippen molar-refractivity contribution in [1.82, 2.24) is 15.8 Å². The highest BCUT2D eigenvalue weighted by Gasteiger charge is 2.30. The van der Waals surface area contributed by atoms with Crippen LogP contribution >= 0.6 is 0 Å². The second-order valence-electron chi connectivity index (χ2n) is 7.07. The molecule has 24 heavy (non-hydrogen) atoms. The molecule has 0 saturated heterocycles. The van der Waals surface area contributed by atoms with E-state index in [2.05, 4.69) is 15.8 Å². The van der Waals surface area contributed by atoms with Gasteiger partial charge in [0.05, 0.1) is 18.0 Å². The summed E-state index contributed by atoms with van der Waals surface area (Å²) in [5, 5.41) is 17.8. The van der Waals surface area contributed by atoms with Crippen LogP contribution in [0.3, 0.4) is 0 Å². The van der Waals surface area contributed by atoms with Crippen LogP contribution in [0, 0.1) is 11.3 Å². The number of carbonyl (C=O) groups is 2. The molecule has 0 aliphatic heterocycles. The summed E-state index contributed by atoms with van der Waals surface area (Å²) in [6.45, 7) is 10.4. The van der Waals surface area contributed by atoms with Crippen molar-refractivity contribution in [3.8, 4) is 6.07 Å². The molecule has 0 radical (unpaired) electrons. The van der Waals surface area contributed by atoms with E-state index in [1.54, 1.807) is 41.5 Å². The minimum atomic E-state index is -0.886. The average molecular weight is 336 g/mol. The summed E-state index contributed by atoms with van der Waals surface area (Å²) in [4.78, 5) is 23.9. The predicted molar refractivity (Wildman–Crippen MR) is 86.1 cm³/mol. The lowest BCUT2D eigenvalue weighted by atomic mass is 10.0. The smallest absolute Gasteiger partial charge is 0.408 e. The van der Waals surface area contributed by atoms with Gasteiger partial charge in [0.15, 0.2) is 0 Å². The van der Waals surface area contributed by atoms with Crippen molar-refractivity contribution in [3.05, 3.63) is 17.5 Å². The van der Waals surface area contributed by atoms with Gasteiger partial charge in [-0.25, -0.2) is 4.79 Å². The topological polar surface area (TPSA) is 117 Å². The zero-order chi connectivity index (χ0) is 18.5. The second kappa shape index (κ2) is 7.34. The molecule has 0 bridgehead atoms. The molecule has 1 aromatic rings. The van der Waals surface area contributed by atoms with Crippen LogP contribution in [-0.4, -0.2) is 28.8 Å². The van der Waals surface area contributed by atoms with Crippen LogP contribution in [0.5, 0.6) is 0 Å². The van der Waals surface area contributed by atoms with Crippen LogP contribution in [0.1, 0.15) is 64.2 Å². The van der Waals surface area contributed by atoms with Gasteiger partial charge < -0.3 is 19.9 Å². The molecule has 8 nitrogen and oxygen atoms in total. The maximum Gasteiger partial charge on any atom is 0.408 e. The molecule has 1 atom stereocenters. The quantitative estimate of drug-likeness (QED) is 0.853. The number of hydrogen-bond donors (Lipinski definition) is 2. The van der Waals surface area contributed by atoms with Crippen molar-refractivity contribution in [2.24, 2.45) is 0 Å². The lowest BCUT2D eigenvalue weighted by Gasteiger charge is -2.26. The summed E-state index contributed by atoms with van der Waals surface area (Å²) in [6, 6.07) is 3.12. The van der Waals surface area contributed by atoms with Gasteiger partial charge in [-0.2, -0.15) is 5.26 Å². The fourth-order valence-electron chi connectivity index (χ4n) is 1.78. The number of hydrogen-bond acceptors (Lipinski definition) is 6. The maximum absolute atomic E-state index is 12.0. The van der Waals surface area contributed by atoms with Gasteiger partial charge in [-0.1, -0.05) is 5.16 Å². The Kier molecular flexibility index (Phi) is 5.96. The van der Waals surface area contributed by atoms with Crippen molar-refractivity contribution in [1.29, 1.82) is 5.26 Å². The summed E-state index contributed by atoms with van der Waals surface area (Å²) in [5.74, 6) is -0.460. The summed E-state index contributed by atoms with van der Waals surface area (Å²) in [5.41, 5.74) is -1.12. The Hall–Kier alpha value is -2.56. The van der Waals surface area contributed by atoms with Crippen LogP contribution in [0.4, 0.5) is 4.79 Å². The standard InChI is InChI=1S/C16H24N4O4/c1-10(7-8-17)18-13(21)11-9-12(20-24-11)16(5,6)19-14(22)23-15(2,3)4/h9-10H,7H2,1-6H3,(H,18,21)(H,19,22)/t10-/m0/s1. The van der Waals surface area contributed by atoms with Crippen molar-refractivity contribution >= 4 is 12.0 Å². The third kappa shape index (κ3) is 5.91. The van der Waals surface area contributed by atoms with Gasteiger partial charge in [0.2, 0.25) is 5.76 Å². The predicted octanol–water partition coefficient (Wildman–Crippen LogP) is 2.47. The molecule has 1 heterocycles. The lowest BCUT2D eigenvalue weighted by molar-refractivity contribution is 0.0466. The molecular weight excluding hydrogens is 312 g/mol. The number of alkyl carbamates (subject to hydrolysis) is 1. The molecule has 0 saturated carbocycles. The molecule has 1 aromatic heterocycles. The van der Waals surface area contributed by atoms with E-state index in [1.807, 2.05) is 6.07 Å². The molecule has 0 fully saturated rings.